The quantitative estimate of drug-likeness (QED) is 0.790. The Balaban J connectivity index is 2.44. The molecule has 1 aliphatic heterocycles. The van der Waals surface area contributed by atoms with Gasteiger partial charge in [0.05, 0.1) is 23.9 Å². The lowest BCUT2D eigenvalue weighted by Crippen LogP contribution is -2.54. The number of amides is 1. The lowest BCUT2D eigenvalue weighted by Gasteiger charge is -2.38. The maximum absolute atomic E-state index is 12.5. The van der Waals surface area contributed by atoms with E-state index in [2.05, 4.69) is 0 Å². The highest BCUT2D eigenvalue weighted by molar-refractivity contribution is 6.05. The molecule has 0 bridgehead atoms. The summed E-state index contributed by atoms with van der Waals surface area (Å²) in [6, 6.07) is 6.76. The van der Waals surface area contributed by atoms with Gasteiger partial charge < -0.3 is 9.47 Å². The van der Waals surface area contributed by atoms with Gasteiger partial charge in [0, 0.05) is 0 Å². The molecule has 0 saturated carbocycles. The number of carbonyl (C=O) groups is 2. The molecule has 1 amide bonds. The zero-order chi connectivity index (χ0) is 15.6. The first-order valence-electron chi connectivity index (χ1n) is 6.60. The number of ether oxygens (including phenoxy) is 2. The van der Waals surface area contributed by atoms with Crippen LogP contribution in [0.1, 0.15) is 26.3 Å². The minimum Gasteiger partial charge on any atom is -0.476 e. The lowest BCUT2D eigenvalue weighted by atomic mass is 10.0. The zero-order valence-electron chi connectivity index (χ0n) is 12.2. The molecular formula is C15H16N2O4. The normalized spacial score (nSPS) is 15.7. The Labute approximate surface area is 122 Å². The second-order valence-corrected chi connectivity index (χ2v) is 5.10. The second-order valence-electron chi connectivity index (χ2n) is 5.10. The van der Waals surface area contributed by atoms with Gasteiger partial charge in [-0.2, -0.15) is 5.26 Å². The molecule has 1 aromatic rings. The summed E-state index contributed by atoms with van der Waals surface area (Å²) in [6.45, 7) is 5.00. The van der Waals surface area contributed by atoms with Crippen LogP contribution in [-0.4, -0.2) is 30.6 Å². The van der Waals surface area contributed by atoms with Crippen LogP contribution < -0.4 is 9.64 Å². The van der Waals surface area contributed by atoms with Crippen LogP contribution in [0.15, 0.2) is 18.2 Å². The van der Waals surface area contributed by atoms with Crippen molar-refractivity contribution >= 4 is 17.6 Å². The van der Waals surface area contributed by atoms with E-state index in [-0.39, 0.29) is 19.1 Å². The van der Waals surface area contributed by atoms with Crippen molar-refractivity contribution in [2.75, 3.05) is 18.1 Å². The maximum Gasteiger partial charge on any atom is 0.326 e. The van der Waals surface area contributed by atoms with Gasteiger partial charge in [-0.25, -0.2) is 0 Å². The Hall–Kier alpha value is -2.55. The molecule has 0 fully saturated rings. The third kappa shape index (κ3) is 2.82. The standard InChI is InChI=1S/C15H16N2O4/c1-4-20-13(18)9-17-11-7-10(8-16)5-6-12(11)21-15(2,3)14(17)19/h5-7H,4,9H2,1-3H3. The Morgan fingerprint density at radius 1 is 1.48 bits per heavy atom. The molecule has 0 saturated heterocycles. The summed E-state index contributed by atoms with van der Waals surface area (Å²) in [6.07, 6.45) is 0. The second kappa shape index (κ2) is 5.44. The maximum atomic E-state index is 12.5. The van der Waals surface area contributed by atoms with E-state index in [0.717, 1.165) is 0 Å². The first-order valence-corrected chi connectivity index (χ1v) is 6.60. The van der Waals surface area contributed by atoms with Gasteiger partial charge in [0.1, 0.15) is 12.3 Å². The summed E-state index contributed by atoms with van der Waals surface area (Å²) in [5.74, 6) is -0.391. The fourth-order valence-electron chi connectivity index (χ4n) is 2.13. The zero-order valence-corrected chi connectivity index (χ0v) is 12.2. The Morgan fingerprint density at radius 3 is 2.81 bits per heavy atom. The Morgan fingerprint density at radius 2 is 2.19 bits per heavy atom. The van der Waals surface area contributed by atoms with E-state index in [1.807, 2.05) is 6.07 Å². The molecule has 1 aliphatic rings. The van der Waals surface area contributed by atoms with Crippen LogP contribution in [0, 0.1) is 11.3 Å². The van der Waals surface area contributed by atoms with Crippen molar-refractivity contribution in [1.82, 2.24) is 0 Å². The minimum absolute atomic E-state index is 0.207. The fourth-order valence-corrected chi connectivity index (χ4v) is 2.13. The van der Waals surface area contributed by atoms with Crippen LogP contribution in [-0.2, 0) is 14.3 Å². The van der Waals surface area contributed by atoms with E-state index in [0.29, 0.717) is 17.0 Å². The first-order chi connectivity index (χ1) is 9.89. The molecule has 6 nitrogen and oxygen atoms in total. The average Bonchev–Trinajstić information content (AvgIpc) is 2.43. The Kier molecular flexibility index (Phi) is 3.85. The van der Waals surface area contributed by atoms with Gasteiger partial charge in [0.2, 0.25) is 0 Å². The van der Waals surface area contributed by atoms with Gasteiger partial charge >= 0.3 is 5.97 Å². The van der Waals surface area contributed by atoms with Crippen LogP contribution in [0.4, 0.5) is 5.69 Å². The molecule has 21 heavy (non-hydrogen) atoms. The monoisotopic (exact) mass is 288 g/mol. The number of nitrogens with zero attached hydrogens (tertiary/aromatic N) is 2. The molecule has 0 aliphatic carbocycles. The van der Waals surface area contributed by atoms with Crippen molar-refractivity contribution in [3.05, 3.63) is 23.8 Å². The predicted molar refractivity (Wildman–Crippen MR) is 74.9 cm³/mol. The van der Waals surface area contributed by atoms with Crippen molar-refractivity contribution in [2.24, 2.45) is 0 Å². The van der Waals surface area contributed by atoms with Gasteiger partial charge in [-0.05, 0) is 39.0 Å². The van der Waals surface area contributed by atoms with Gasteiger partial charge in [-0.1, -0.05) is 0 Å². The number of nitriles is 1. The number of esters is 1. The van der Waals surface area contributed by atoms with Gasteiger partial charge in [0.25, 0.3) is 5.91 Å². The number of benzene rings is 1. The summed E-state index contributed by atoms with van der Waals surface area (Å²) >= 11 is 0. The molecule has 6 heteroatoms. The lowest BCUT2D eigenvalue weighted by molar-refractivity contribution is -0.144. The van der Waals surface area contributed by atoms with E-state index in [1.165, 1.54) is 11.0 Å². The van der Waals surface area contributed by atoms with E-state index < -0.39 is 11.6 Å². The van der Waals surface area contributed by atoms with Crippen LogP contribution in [0.2, 0.25) is 0 Å². The number of rotatable bonds is 3. The summed E-state index contributed by atoms with van der Waals surface area (Å²) in [5, 5.41) is 8.97. The third-order valence-electron chi connectivity index (χ3n) is 3.10. The van der Waals surface area contributed by atoms with Gasteiger partial charge in [-0.15, -0.1) is 0 Å². The topological polar surface area (TPSA) is 79.6 Å². The number of hydrogen-bond acceptors (Lipinski definition) is 5. The van der Waals surface area contributed by atoms with Crippen LogP contribution in [0.5, 0.6) is 5.75 Å². The molecule has 0 N–H and O–H groups in total. The third-order valence-corrected chi connectivity index (χ3v) is 3.10. The molecular weight excluding hydrogens is 272 g/mol. The van der Waals surface area contributed by atoms with Crippen molar-refractivity contribution in [3.8, 4) is 11.8 Å². The molecule has 0 unspecified atom stereocenters. The molecule has 1 heterocycles. The first kappa shape index (κ1) is 14.9. The minimum atomic E-state index is -1.08. The number of fused-ring (bicyclic) bond motifs is 1. The summed E-state index contributed by atoms with van der Waals surface area (Å²) in [7, 11) is 0. The van der Waals surface area contributed by atoms with Gasteiger partial charge in [0.15, 0.2) is 5.60 Å². The molecule has 110 valence electrons. The van der Waals surface area contributed by atoms with Crippen LogP contribution in [0.3, 0.4) is 0 Å². The predicted octanol–water partition coefficient (Wildman–Crippen LogP) is 1.63. The largest absolute Gasteiger partial charge is 0.476 e. The van der Waals surface area contributed by atoms with E-state index in [1.54, 1.807) is 32.9 Å². The molecule has 0 atom stereocenters. The molecule has 0 spiro atoms. The van der Waals surface area contributed by atoms with Crippen LogP contribution in [0.25, 0.3) is 0 Å². The average molecular weight is 288 g/mol. The summed E-state index contributed by atoms with van der Waals surface area (Å²) in [5.41, 5.74) is -0.279. The highest BCUT2D eigenvalue weighted by Gasteiger charge is 2.41. The van der Waals surface area contributed by atoms with E-state index in [4.69, 9.17) is 14.7 Å². The highest BCUT2D eigenvalue weighted by atomic mass is 16.5. The number of anilines is 1. The van der Waals surface area contributed by atoms with Crippen molar-refractivity contribution < 1.29 is 19.1 Å². The molecule has 1 aromatic carbocycles. The smallest absolute Gasteiger partial charge is 0.326 e. The fraction of sp³-hybridized carbons (Fsp3) is 0.400. The number of hydrogen-bond donors (Lipinski definition) is 0. The molecule has 2 rings (SSSR count). The van der Waals surface area contributed by atoms with E-state index >= 15 is 0 Å². The van der Waals surface area contributed by atoms with Crippen molar-refractivity contribution in [3.63, 3.8) is 0 Å². The van der Waals surface area contributed by atoms with Crippen LogP contribution >= 0.6 is 0 Å². The Bertz CT molecular complexity index is 631. The molecule has 0 aromatic heterocycles. The van der Waals surface area contributed by atoms with Crippen molar-refractivity contribution in [2.45, 2.75) is 26.4 Å². The highest BCUT2D eigenvalue weighted by Crippen LogP contribution is 2.38. The number of carbonyl (C=O) groups excluding carboxylic acids is 2. The van der Waals surface area contributed by atoms with Gasteiger partial charge in [-0.3, -0.25) is 14.5 Å². The van der Waals surface area contributed by atoms with E-state index in [9.17, 15) is 9.59 Å². The summed E-state index contributed by atoms with van der Waals surface area (Å²) < 4.78 is 10.5. The molecule has 0 radical (unpaired) electrons. The summed E-state index contributed by atoms with van der Waals surface area (Å²) in [4.78, 5) is 25.5. The van der Waals surface area contributed by atoms with Crippen molar-refractivity contribution in [1.29, 1.82) is 5.26 Å². The SMILES string of the molecule is CCOC(=O)CN1C(=O)C(C)(C)Oc2ccc(C#N)cc21.